The van der Waals surface area contributed by atoms with Crippen LogP contribution in [0.4, 0.5) is 11.5 Å². The number of carbonyl (C=O) groups excluding carboxylic acids is 1. The van der Waals surface area contributed by atoms with Gasteiger partial charge in [-0.3, -0.25) is 4.79 Å². The Morgan fingerprint density at radius 2 is 1.95 bits per heavy atom. The van der Waals surface area contributed by atoms with Gasteiger partial charge in [0, 0.05) is 28.5 Å². The second-order valence-electron chi connectivity index (χ2n) is 4.32. The van der Waals surface area contributed by atoms with Gasteiger partial charge in [-0.25, -0.2) is 4.98 Å². The van der Waals surface area contributed by atoms with E-state index in [0.29, 0.717) is 11.4 Å². The van der Waals surface area contributed by atoms with Crippen molar-refractivity contribution in [1.82, 2.24) is 4.98 Å². The zero-order valence-corrected chi connectivity index (χ0v) is 12.8. The number of nitrogens with zero attached hydrogens (tertiary/aromatic N) is 1. The van der Waals surface area contributed by atoms with E-state index in [1.54, 1.807) is 24.4 Å². The summed E-state index contributed by atoms with van der Waals surface area (Å²) in [6.07, 6.45) is 2.71. The van der Waals surface area contributed by atoms with Gasteiger partial charge in [0.15, 0.2) is 0 Å². The summed E-state index contributed by atoms with van der Waals surface area (Å²) in [5.74, 6) is 0.369. The summed E-state index contributed by atoms with van der Waals surface area (Å²) in [5, 5.41) is 6.02. The fraction of sp³-hybridized carbons (Fsp3) is 0.200. The van der Waals surface area contributed by atoms with E-state index in [4.69, 9.17) is 0 Å². The molecule has 1 heterocycles. The monoisotopic (exact) mass is 333 g/mol. The molecule has 0 aliphatic rings. The minimum atomic E-state index is -0.165. The predicted octanol–water partition coefficient (Wildman–Crippen LogP) is 3.92. The molecule has 0 saturated heterocycles. The molecule has 0 fully saturated rings. The zero-order valence-electron chi connectivity index (χ0n) is 11.2. The molecule has 1 amide bonds. The van der Waals surface area contributed by atoms with Crippen molar-refractivity contribution in [3.63, 3.8) is 0 Å². The molecule has 0 unspecified atom stereocenters. The molecule has 0 saturated carbocycles. The lowest BCUT2D eigenvalue weighted by molar-refractivity contribution is 0.102. The second-order valence-corrected chi connectivity index (χ2v) is 5.24. The van der Waals surface area contributed by atoms with Crippen molar-refractivity contribution in [2.24, 2.45) is 0 Å². The van der Waals surface area contributed by atoms with Crippen molar-refractivity contribution in [3.05, 3.63) is 52.6 Å². The predicted molar refractivity (Wildman–Crippen MR) is 85.1 cm³/mol. The standard InChI is InChI=1S/C15H16BrN3O/c1-2-9-17-13-6-3-11(4-7-13)15(20)19-14-8-5-12(16)10-18-14/h3-8,10,17H,2,9H2,1H3,(H,18,19,20). The summed E-state index contributed by atoms with van der Waals surface area (Å²) in [5.41, 5.74) is 1.63. The topological polar surface area (TPSA) is 54.0 Å². The molecule has 0 aliphatic heterocycles. The number of pyridine rings is 1. The average molecular weight is 334 g/mol. The summed E-state index contributed by atoms with van der Waals surface area (Å²) in [6.45, 7) is 3.04. The van der Waals surface area contributed by atoms with Gasteiger partial charge in [-0.05, 0) is 58.7 Å². The van der Waals surface area contributed by atoms with Crippen molar-refractivity contribution in [3.8, 4) is 0 Å². The summed E-state index contributed by atoms with van der Waals surface area (Å²) < 4.78 is 0.877. The van der Waals surface area contributed by atoms with Gasteiger partial charge in [-0.1, -0.05) is 6.92 Å². The Kier molecular flexibility index (Phi) is 5.12. The molecule has 1 aromatic carbocycles. The summed E-state index contributed by atoms with van der Waals surface area (Å²) in [7, 11) is 0. The van der Waals surface area contributed by atoms with Gasteiger partial charge in [0.2, 0.25) is 0 Å². The van der Waals surface area contributed by atoms with E-state index in [1.165, 1.54) is 0 Å². The largest absolute Gasteiger partial charge is 0.385 e. The van der Waals surface area contributed by atoms with Crippen LogP contribution in [0.5, 0.6) is 0 Å². The van der Waals surface area contributed by atoms with Gasteiger partial charge in [-0.2, -0.15) is 0 Å². The van der Waals surface area contributed by atoms with Gasteiger partial charge in [0.05, 0.1) is 0 Å². The Hall–Kier alpha value is -1.88. The highest BCUT2D eigenvalue weighted by Gasteiger charge is 2.06. The molecule has 20 heavy (non-hydrogen) atoms. The molecule has 0 radical (unpaired) electrons. The van der Waals surface area contributed by atoms with Gasteiger partial charge in [0.1, 0.15) is 5.82 Å². The first kappa shape index (κ1) is 14.5. The molecule has 5 heteroatoms. The average Bonchev–Trinajstić information content (AvgIpc) is 2.48. The third kappa shape index (κ3) is 4.06. The number of halogens is 1. The second kappa shape index (κ2) is 7.05. The zero-order chi connectivity index (χ0) is 14.4. The van der Waals surface area contributed by atoms with E-state index in [9.17, 15) is 4.79 Å². The van der Waals surface area contributed by atoms with Crippen LogP contribution >= 0.6 is 15.9 Å². The fourth-order valence-corrected chi connectivity index (χ4v) is 1.88. The van der Waals surface area contributed by atoms with Crippen molar-refractivity contribution in [2.45, 2.75) is 13.3 Å². The van der Waals surface area contributed by atoms with Crippen molar-refractivity contribution in [1.29, 1.82) is 0 Å². The number of hydrogen-bond acceptors (Lipinski definition) is 3. The van der Waals surface area contributed by atoms with Gasteiger partial charge < -0.3 is 10.6 Å². The Bertz CT molecular complexity index is 567. The Balaban J connectivity index is 2.00. The quantitative estimate of drug-likeness (QED) is 0.871. The minimum Gasteiger partial charge on any atom is -0.385 e. The van der Waals surface area contributed by atoms with Crippen molar-refractivity contribution >= 4 is 33.3 Å². The molecule has 2 aromatic rings. The maximum Gasteiger partial charge on any atom is 0.256 e. The summed E-state index contributed by atoms with van der Waals surface area (Å²) >= 11 is 3.30. The Morgan fingerprint density at radius 1 is 1.20 bits per heavy atom. The Morgan fingerprint density at radius 3 is 2.55 bits per heavy atom. The smallest absolute Gasteiger partial charge is 0.256 e. The summed E-state index contributed by atoms with van der Waals surface area (Å²) in [6, 6.07) is 11.0. The van der Waals surface area contributed by atoms with E-state index in [1.807, 2.05) is 18.2 Å². The number of aromatic nitrogens is 1. The first-order valence-electron chi connectivity index (χ1n) is 6.46. The first-order valence-corrected chi connectivity index (χ1v) is 7.25. The lowest BCUT2D eigenvalue weighted by Gasteiger charge is -2.07. The SMILES string of the molecule is CCCNc1ccc(C(=O)Nc2ccc(Br)cn2)cc1. The number of amides is 1. The van der Waals surface area contributed by atoms with Crippen LogP contribution in [0.2, 0.25) is 0 Å². The molecule has 2 rings (SSSR count). The lowest BCUT2D eigenvalue weighted by Crippen LogP contribution is -2.12. The van der Waals surface area contributed by atoms with Gasteiger partial charge in [0.25, 0.3) is 5.91 Å². The molecular weight excluding hydrogens is 318 g/mol. The molecule has 0 spiro atoms. The number of nitrogens with one attached hydrogen (secondary N) is 2. The van der Waals surface area contributed by atoms with Gasteiger partial charge >= 0.3 is 0 Å². The molecule has 4 nitrogen and oxygen atoms in total. The highest BCUT2D eigenvalue weighted by Crippen LogP contribution is 2.13. The number of carbonyl (C=O) groups is 1. The lowest BCUT2D eigenvalue weighted by atomic mass is 10.2. The van der Waals surface area contributed by atoms with Crippen LogP contribution in [0.25, 0.3) is 0 Å². The van der Waals surface area contributed by atoms with Crippen LogP contribution in [-0.4, -0.2) is 17.4 Å². The fourth-order valence-electron chi connectivity index (χ4n) is 1.65. The molecule has 1 aromatic heterocycles. The molecule has 2 N–H and O–H groups in total. The molecular formula is C15H16BrN3O. The van der Waals surface area contributed by atoms with E-state index in [2.05, 4.69) is 38.5 Å². The van der Waals surface area contributed by atoms with Crippen LogP contribution in [0.1, 0.15) is 23.7 Å². The van der Waals surface area contributed by atoms with Crippen molar-refractivity contribution < 1.29 is 4.79 Å². The number of hydrogen-bond donors (Lipinski definition) is 2. The number of benzene rings is 1. The first-order chi connectivity index (χ1) is 9.69. The molecule has 104 valence electrons. The Labute approximate surface area is 126 Å². The minimum absolute atomic E-state index is 0.165. The normalized spacial score (nSPS) is 10.1. The van der Waals surface area contributed by atoms with E-state index in [0.717, 1.165) is 23.1 Å². The maximum absolute atomic E-state index is 12.0. The highest BCUT2D eigenvalue weighted by molar-refractivity contribution is 9.10. The molecule has 0 aliphatic carbocycles. The summed E-state index contributed by atoms with van der Waals surface area (Å²) in [4.78, 5) is 16.2. The van der Waals surface area contributed by atoms with Crippen LogP contribution in [0.3, 0.4) is 0 Å². The third-order valence-corrected chi connectivity index (χ3v) is 3.16. The number of rotatable bonds is 5. The number of anilines is 2. The van der Waals surface area contributed by atoms with Crippen LogP contribution in [-0.2, 0) is 0 Å². The third-order valence-electron chi connectivity index (χ3n) is 2.70. The van der Waals surface area contributed by atoms with Crippen molar-refractivity contribution in [2.75, 3.05) is 17.2 Å². The van der Waals surface area contributed by atoms with E-state index >= 15 is 0 Å². The van der Waals surface area contributed by atoms with E-state index < -0.39 is 0 Å². The van der Waals surface area contributed by atoms with Crippen LogP contribution in [0.15, 0.2) is 47.1 Å². The maximum atomic E-state index is 12.0. The molecule has 0 bridgehead atoms. The van der Waals surface area contributed by atoms with Crippen LogP contribution < -0.4 is 10.6 Å². The van der Waals surface area contributed by atoms with E-state index in [-0.39, 0.29) is 5.91 Å². The highest BCUT2D eigenvalue weighted by atomic mass is 79.9. The van der Waals surface area contributed by atoms with Crippen LogP contribution in [0, 0.1) is 0 Å². The molecule has 0 atom stereocenters. The van der Waals surface area contributed by atoms with Gasteiger partial charge in [-0.15, -0.1) is 0 Å².